The fourth-order valence-electron chi connectivity index (χ4n) is 2.14. The zero-order valence-electron chi connectivity index (χ0n) is 13.6. The van der Waals surface area contributed by atoms with Crippen molar-refractivity contribution in [2.75, 3.05) is 7.11 Å². The van der Waals surface area contributed by atoms with Crippen LogP contribution in [0, 0.1) is 0 Å². The predicted octanol–water partition coefficient (Wildman–Crippen LogP) is 4.32. The highest BCUT2D eigenvalue weighted by Gasteiger charge is 2.20. The minimum atomic E-state index is -0.689. The van der Waals surface area contributed by atoms with Gasteiger partial charge in [-0.15, -0.1) is 10.2 Å². The maximum Gasteiger partial charge on any atom is 0.338 e. The summed E-state index contributed by atoms with van der Waals surface area (Å²) in [5, 5.41) is 8.40. The largest absolute Gasteiger partial charge is 0.497 e. The summed E-state index contributed by atoms with van der Waals surface area (Å²) < 4.78 is 16.1. The van der Waals surface area contributed by atoms with E-state index in [9.17, 15) is 4.79 Å². The average molecular weight is 359 g/mol. The van der Waals surface area contributed by atoms with Gasteiger partial charge in [0.1, 0.15) is 5.75 Å². The third-order valence-corrected chi connectivity index (χ3v) is 3.70. The van der Waals surface area contributed by atoms with Crippen LogP contribution in [0.2, 0.25) is 5.02 Å². The van der Waals surface area contributed by atoms with Crippen molar-refractivity contribution in [1.29, 1.82) is 0 Å². The van der Waals surface area contributed by atoms with Crippen LogP contribution in [0.3, 0.4) is 0 Å². The van der Waals surface area contributed by atoms with Gasteiger partial charge in [-0.05, 0) is 49.4 Å². The first-order valence-electron chi connectivity index (χ1n) is 7.51. The lowest BCUT2D eigenvalue weighted by molar-refractivity contribution is 0.0280. The van der Waals surface area contributed by atoms with Gasteiger partial charge in [-0.3, -0.25) is 0 Å². The maximum atomic E-state index is 12.1. The van der Waals surface area contributed by atoms with Gasteiger partial charge >= 0.3 is 5.97 Å². The van der Waals surface area contributed by atoms with Gasteiger partial charge in [-0.25, -0.2) is 4.79 Å². The van der Waals surface area contributed by atoms with Crippen LogP contribution in [0.15, 0.2) is 52.9 Å². The van der Waals surface area contributed by atoms with Crippen LogP contribution in [-0.4, -0.2) is 23.3 Å². The molecule has 0 bridgehead atoms. The number of aromatic nitrogens is 2. The van der Waals surface area contributed by atoms with Crippen molar-refractivity contribution >= 4 is 17.6 Å². The Balaban J connectivity index is 1.71. The molecule has 0 aliphatic carbocycles. The van der Waals surface area contributed by atoms with E-state index in [-0.39, 0.29) is 5.89 Å². The molecule has 0 amide bonds. The van der Waals surface area contributed by atoms with Crippen molar-refractivity contribution in [3.8, 4) is 17.2 Å². The van der Waals surface area contributed by atoms with E-state index < -0.39 is 12.1 Å². The van der Waals surface area contributed by atoms with Gasteiger partial charge in [0.2, 0.25) is 5.89 Å². The van der Waals surface area contributed by atoms with Crippen molar-refractivity contribution in [2.45, 2.75) is 13.0 Å². The van der Waals surface area contributed by atoms with E-state index in [0.717, 1.165) is 11.3 Å². The Bertz CT molecular complexity index is 877. The van der Waals surface area contributed by atoms with Gasteiger partial charge in [0.15, 0.2) is 6.10 Å². The Labute approximate surface area is 149 Å². The molecule has 3 aromatic rings. The normalized spacial score (nSPS) is 11.8. The van der Waals surface area contributed by atoms with Crippen LogP contribution in [0.4, 0.5) is 0 Å². The molecule has 1 aromatic heterocycles. The van der Waals surface area contributed by atoms with Crippen LogP contribution in [0.5, 0.6) is 5.75 Å². The number of halogens is 1. The lowest BCUT2D eigenvalue weighted by atomic mass is 10.2. The van der Waals surface area contributed by atoms with Gasteiger partial charge < -0.3 is 13.9 Å². The summed E-state index contributed by atoms with van der Waals surface area (Å²) in [6.45, 7) is 1.66. The summed E-state index contributed by atoms with van der Waals surface area (Å²) in [6, 6.07) is 13.7. The number of hydrogen-bond acceptors (Lipinski definition) is 6. The molecule has 0 N–H and O–H groups in total. The van der Waals surface area contributed by atoms with Crippen molar-refractivity contribution in [3.05, 3.63) is 65.0 Å². The molecule has 0 aliphatic rings. The van der Waals surface area contributed by atoms with Crippen molar-refractivity contribution in [2.24, 2.45) is 0 Å². The van der Waals surface area contributed by atoms with Gasteiger partial charge in [0.25, 0.3) is 5.89 Å². The number of hydrogen-bond donors (Lipinski definition) is 0. The monoisotopic (exact) mass is 358 g/mol. The average Bonchev–Trinajstić information content (AvgIpc) is 3.12. The smallest absolute Gasteiger partial charge is 0.338 e. The minimum Gasteiger partial charge on any atom is -0.497 e. The standard InChI is InChI=1S/C18H15ClN2O4/c1-11(24-18(22)13-4-3-5-14(19)10-13)16-20-21-17(25-16)12-6-8-15(23-2)9-7-12/h3-11H,1-2H3/t11-/m1/s1. The Hall–Kier alpha value is -2.86. The van der Waals surface area contributed by atoms with Crippen molar-refractivity contribution < 1.29 is 18.7 Å². The summed E-state index contributed by atoms with van der Waals surface area (Å²) in [5.41, 5.74) is 1.10. The summed E-state index contributed by atoms with van der Waals surface area (Å²) in [7, 11) is 1.59. The zero-order chi connectivity index (χ0) is 17.8. The lowest BCUT2D eigenvalue weighted by Crippen LogP contribution is -2.09. The molecule has 0 aliphatic heterocycles. The molecule has 25 heavy (non-hydrogen) atoms. The van der Waals surface area contributed by atoms with E-state index >= 15 is 0 Å². The second kappa shape index (κ2) is 7.36. The third-order valence-electron chi connectivity index (χ3n) is 3.47. The Morgan fingerprint density at radius 1 is 1.16 bits per heavy atom. The molecular formula is C18H15ClN2O4. The molecular weight excluding hydrogens is 344 g/mol. The molecule has 0 spiro atoms. The fourth-order valence-corrected chi connectivity index (χ4v) is 2.33. The molecule has 0 fully saturated rings. The minimum absolute atomic E-state index is 0.209. The summed E-state index contributed by atoms with van der Waals surface area (Å²) in [5.74, 6) is 0.760. The van der Waals surface area contributed by atoms with Gasteiger partial charge in [-0.2, -0.15) is 0 Å². The molecule has 128 valence electrons. The molecule has 1 heterocycles. The highest BCUT2D eigenvalue weighted by molar-refractivity contribution is 6.30. The molecule has 6 nitrogen and oxygen atoms in total. The van der Waals surface area contributed by atoms with E-state index in [1.54, 1.807) is 56.5 Å². The highest BCUT2D eigenvalue weighted by atomic mass is 35.5. The number of nitrogens with zero attached hydrogens (tertiary/aromatic N) is 2. The van der Waals surface area contributed by atoms with E-state index in [0.29, 0.717) is 16.5 Å². The van der Waals surface area contributed by atoms with Gasteiger partial charge in [0.05, 0.1) is 12.7 Å². The van der Waals surface area contributed by atoms with Gasteiger partial charge in [0, 0.05) is 10.6 Å². The number of carbonyl (C=O) groups excluding carboxylic acids is 1. The molecule has 0 unspecified atom stereocenters. The van der Waals surface area contributed by atoms with Crippen LogP contribution in [-0.2, 0) is 4.74 Å². The van der Waals surface area contributed by atoms with E-state index in [1.165, 1.54) is 6.07 Å². The number of esters is 1. The molecule has 7 heteroatoms. The van der Waals surface area contributed by atoms with E-state index in [1.807, 2.05) is 0 Å². The number of methoxy groups -OCH3 is 1. The molecule has 0 radical (unpaired) electrons. The Morgan fingerprint density at radius 3 is 2.60 bits per heavy atom. The van der Waals surface area contributed by atoms with Crippen LogP contribution < -0.4 is 4.74 Å². The molecule has 0 saturated heterocycles. The van der Waals surface area contributed by atoms with Crippen molar-refractivity contribution in [1.82, 2.24) is 10.2 Å². The van der Waals surface area contributed by atoms with Crippen molar-refractivity contribution in [3.63, 3.8) is 0 Å². The van der Waals surface area contributed by atoms with Crippen LogP contribution >= 0.6 is 11.6 Å². The topological polar surface area (TPSA) is 74.5 Å². The second-order valence-electron chi connectivity index (χ2n) is 5.23. The van der Waals surface area contributed by atoms with Gasteiger partial charge in [-0.1, -0.05) is 17.7 Å². The number of benzene rings is 2. The first kappa shape index (κ1) is 17.0. The summed E-state index contributed by atoms with van der Waals surface area (Å²) >= 11 is 5.88. The van der Waals surface area contributed by atoms with Crippen LogP contribution in [0.1, 0.15) is 29.3 Å². The van der Waals surface area contributed by atoms with E-state index in [2.05, 4.69) is 10.2 Å². The van der Waals surface area contributed by atoms with Crippen LogP contribution in [0.25, 0.3) is 11.5 Å². The third kappa shape index (κ3) is 3.97. The Morgan fingerprint density at radius 2 is 1.92 bits per heavy atom. The zero-order valence-corrected chi connectivity index (χ0v) is 14.4. The highest BCUT2D eigenvalue weighted by Crippen LogP contribution is 2.25. The molecule has 1 atom stereocenters. The number of carbonyl (C=O) groups is 1. The molecule has 0 saturated carbocycles. The number of rotatable bonds is 5. The maximum absolute atomic E-state index is 12.1. The molecule has 3 rings (SSSR count). The molecule has 2 aromatic carbocycles. The number of ether oxygens (including phenoxy) is 2. The first-order chi connectivity index (χ1) is 12.1. The van der Waals surface area contributed by atoms with E-state index in [4.69, 9.17) is 25.5 Å². The first-order valence-corrected chi connectivity index (χ1v) is 7.89. The fraction of sp³-hybridized carbons (Fsp3) is 0.167. The predicted molar refractivity (Wildman–Crippen MR) is 91.6 cm³/mol. The summed E-state index contributed by atoms with van der Waals surface area (Å²) in [4.78, 5) is 12.1. The lowest BCUT2D eigenvalue weighted by Gasteiger charge is -2.09. The summed E-state index contributed by atoms with van der Waals surface area (Å²) in [6.07, 6.45) is -0.689. The SMILES string of the molecule is COc1ccc(-c2nnc([C@@H](C)OC(=O)c3cccc(Cl)c3)o2)cc1. The Kier molecular flexibility index (Phi) is 5.00. The second-order valence-corrected chi connectivity index (χ2v) is 5.67. The quantitative estimate of drug-likeness (QED) is 0.632.